The van der Waals surface area contributed by atoms with Gasteiger partial charge in [0.2, 0.25) is 11.8 Å². The number of carbonyl (C=O) groups is 2. The van der Waals surface area contributed by atoms with E-state index < -0.39 is 0 Å². The van der Waals surface area contributed by atoms with Gasteiger partial charge in [0.1, 0.15) is 5.75 Å². The number of hydrogen-bond acceptors (Lipinski definition) is 5. The van der Waals surface area contributed by atoms with Crippen LogP contribution in [0.1, 0.15) is 40.5 Å². The van der Waals surface area contributed by atoms with Gasteiger partial charge in [0.25, 0.3) is 0 Å². The average molecular weight is 466 g/mol. The van der Waals surface area contributed by atoms with E-state index in [0.717, 1.165) is 51.3 Å². The van der Waals surface area contributed by atoms with Crippen LogP contribution in [0.3, 0.4) is 0 Å². The summed E-state index contributed by atoms with van der Waals surface area (Å²) >= 11 is 0. The first-order chi connectivity index (χ1) is 16.1. The molecule has 6 nitrogen and oxygen atoms in total. The molecule has 2 aliphatic heterocycles. The van der Waals surface area contributed by atoms with Crippen molar-refractivity contribution in [3.63, 3.8) is 0 Å². The van der Waals surface area contributed by atoms with E-state index in [9.17, 15) is 9.59 Å². The highest BCUT2D eigenvalue weighted by molar-refractivity contribution is 6.06. The van der Waals surface area contributed by atoms with Crippen molar-refractivity contribution in [2.75, 3.05) is 51.3 Å². The Hall–Kier alpha value is -2.34. The second-order valence-electron chi connectivity index (χ2n) is 11.8. The van der Waals surface area contributed by atoms with Crippen molar-refractivity contribution in [3.05, 3.63) is 35.9 Å². The van der Waals surface area contributed by atoms with Crippen LogP contribution in [0.2, 0.25) is 0 Å². The summed E-state index contributed by atoms with van der Waals surface area (Å²) < 4.78 is 5.36. The molecule has 2 amide bonds. The molecule has 0 N–H and O–H groups in total. The number of rotatable bonds is 6. The lowest BCUT2D eigenvalue weighted by molar-refractivity contribution is -0.140. The molecular weight excluding hydrogens is 426 g/mol. The molecular formula is C28H39N3O3. The highest BCUT2D eigenvalue weighted by Gasteiger charge is 2.66. The fourth-order valence-corrected chi connectivity index (χ4v) is 7.83. The number of nitrogens with zero attached hydrogens (tertiary/aromatic N) is 3. The monoisotopic (exact) mass is 465 g/mol. The van der Waals surface area contributed by atoms with Crippen LogP contribution in [-0.4, -0.2) is 68.0 Å². The Balaban J connectivity index is 1.17. The number of amides is 2. The van der Waals surface area contributed by atoms with E-state index >= 15 is 0 Å². The molecule has 34 heavy (non-hydrogen) atoms. The van der Waals surface area contributed by atoms with E-state index in [4.69, 9.17) is 4.74 Å². The summed E-state index contributed by atoms with van der Waals surface area (Å²) in [6.07, 6.45) is 4.13. The Morgan fingerprint density at radius 1 is 1.00 bits per heavy atom. The maximum Gasteiger partial charge on any atom is 0.233 e. The third-order valence-corrected chi connectivity index (χ3v) is 8.89. The van der Waals surface area contributed by atoms with Gasteiger partial charge >= 0.3 is 0 Å². The number of anilines is 1. The summed E-state index contributed by atoms with van der Waals surface area (Å²) in [7, 11) is 1.70. The van der Waals surface area contributed by atoms with Crippen LogP contribution < -0.4 is 9.64 Å². The number of allylic oxidation sites excluding steroid dienone is 2. The second-order valence-corrected chi connectivity index (χ2v) is 11.8. The molecule has 3 aliphatic carbocycles. The van der Waals surface area contributed by atoms with Gasteiger partial charge in [-0.3, -0.25) is 19.4 Å². The zero-order valence-electron chi connectivity index (χ0n) is 21.3. The van der Waals surface area contributed by atoms with Gasteiger partial charge < -0.3 is 9.64 Å². The number of carbonyl (C=O) groups excluding carboxylic acids is 2. The Labute approximate surface area is 203 Å². The molecule has 2 bridgehead atoms. The Morgan fingerprint density at radius 3 is 2.41 bits per heavy atom. The number of imide groups is 1. The molecule has 1 aromatic rings. The first-order valence-electron chi connectivity index (χ1n) is 12.8. The smallest absolute Gasteiger partial charge is 0.233 e. The van der Waals surface area contributed by atoms with Crippen LogP contribution in [0.5, 0.6) is 5.75 Å². The molecule has 6 rings (SSSR count). The van der Waals surface area contributed by atoms with Crippen molar-refractivity contribution in [2.24, 2.45) is 28.6 Å². The van der Waals surface area contributed by atoms with E-state index in [0.29, 0.717) is 6.54 Å². The van der Waals surface area contributed by atoms with Gasteiger partial charge in [-0.1, -0.05) is 38.5 Å². The minimum absolute atomic E-state index is 0.0587. The largest absolute Gasteiger partial charge is 0.497 e. The van der Waals surface area contributed by atoms with E-state index in [1.54, 1.807) is 12.0 Å². The topological polar surface area (TPSA) is 53.1 Å². The van der Waals surface area contributed by atoms with E-state index in [1.807, 2.05) is 12.1 Å². The summed E-state index contributed by atoms with van der Waals surface area (Å²) in [6.45, 7) is 14.3. The SMILES string of the molecule is COc1cccc(N2CCN(CCCN3C(=O)C4C(C3=O)[C@]3(C)C=C(C)[C@H]4C(C)(C)C3)CC2)c1. The molecule has 0 spiro atoms. The molecule has 2 unspecified atom stereocenters. The third kappa shape index (κ3) is 3.74. The number of ether oxygens (including phenoxy) is 1. The minimum atomic E-state index is -0.203. The molecule has 5 aliphatic rings. The van der Waals surface area contributed by atoms with Gasteiger partial charge in [-0.05, 0) is 55.2 Å². The quantitative estimate of drug-likeness (QED) is 0.472. The average Bonchev–Trinajstić information content (AvgIpc) is 3.04. The van der Waals surface area contributed by atoms with Gasteiger partial charge in [-0.2, -0.15) is 0 Å². The van der Waals surface area contributed by atoms with Crippen molar-refractivity contribution in [2.45, 2.75) is 40.5 Å². The standard InChI is InChI=1S/C28H39N3O3/c1-19-17-28(4)18-27(2,3)23(19)22-24(28)26(33)31(25(22)32)11-7-10-29-12-14-30(15-13-29)20-8-6-9-21(16-20)34-5/h6,8-9,16-17,22-24H,7,10-15,18H2,1-5H3/t22?,23-,24?,28-/m1/s1. The molecule has 3 fully saturated rings. The summed E-state index contributed by atoms with van der Waals surface area (Å²) in [5.74, 6) is 0.881. The molecule has 0 radical (unpaired) electrons. The van der Waals surface area contributed by atoms with Crippen LogP contribution in [0.25, 0.3) is 0 Å². The van der Waals surface area contributed by atoms with Crippen molar-refractivity contribution in [1.82, 2.24) is 9.80 Å². The summed E-state index contributed by atoms with van der Waals surface area (Å²) in [5.41, 5.74) is 2.36. The molecule has 0 aromatic heterocycles. The Kier molecular flexibility index (Phi) is 5.78. The predicted octanol–water partition coefficient (Wildman–Crippen LogP) is 3.82. The van der Waals surface area contributed by atoms with Crippen molar-refractivity contribution in [1.29, 1.82) is 0 Å². The van der Waals surface area contributed by atoms with E-state index in [-0.39, 0.29) is 40.4 Å². The predicted molar refractivity (Wildman–Crippen MR) is 134 cm³/mol. The van der Waals surface area contributed by atoms with Crippen LogP contribution in [0.15, 0.2) is 35.9 Å². The number of hydrogen-bond donors (Lipinski definition) is 0. The lowest BCUT2D eigenvalue weighted by Gasteiger charge is -2.56. The van der Waals surface area contributed by atoms with Crippen molar-refractivity contribution < 1.29 is 14.3 Å². The fraction of sp³-hybridized carbons (Fsp3) is 0.643. The summed E-state index contributed by atoms with van der Waals surface area (Å²) in [4.78, 5) is 33.4. The molecule has 6 heteroatoms. The molecule has 4 atom stereocenters. The molecule has 2 heterocycles. The van der Waals surface area contributed by atoms with E-state index in [2.05, 4.69) is 55.7 Å². The summed E-state index contributed by atoms with van der Waals surface area (Å²) in [6, 6.07) is 8.23. The van der Waals surface area contributed by atoms with Gasteiger partial charge in [0.05, 0.1) is 18.9 Å². The lowest BCUT2D eigenvalue weighted by Crippen LogP contribution is -2.54. The number of fused-ring (bicyclic) bond motifs is 1. The first kappa shape index (κ1) is 23.4. The molecule has 1 aromatic carbocycles. The molecule has 1 saturated carbocycles. The Morgan fingerprint density at radius 2 is 1.74 bits per heavy atom. The number of methoxy groups -OCH3 is 1. The van der Waals surface area contributed by atoms with Crippen molar-refractivity contribution in [3.8, 4) is 5.75 Å². The third-order valence-electron chi connectivity index (χ3n) is 8.89. The van der Waals surface area contributed by atoms with Crippen LogP contribution in [0, 0.1) is 28.6 Å². The van der Waals surface area contributed by atoms with Gasteiger partial charge in [0, 0.05) is 44.5 Å². The van der Waals surface area contributed by atoms with Gasteiger partial charge in [-0.15, -0.1) is 0 Å². The molecule has 2 saturated heterocycles. The fourth-order valence-electron chi connectivity index (χ4n) is 7.83. The number of likely N-dealkylation sites (tertiary alicyclic amines) is 1. The zero-order valence-corrected chi connectivity index (χ0v) is 21.3. The highest BCUT2D eigenvalue weighted by Crippen LogP contribution is 2.64. The van der Waals surface area contributed by atoms with Crippen molar-refractivity contribution >= 4 is 17.5 Å². The normalized spacial score (nSPS) is 32.7. The van der Waals surface area contributed by atoms with Gasteiger partial charge in [0.15, 0.2) is 0 Å². The van der Waals surface area contributed by atoms with Crippen LogP contribution >= 0.6 is 0 Å². The maximum atomic E-state index is 13.5. The maximum absolute atomic E-state index is 13.5. The Bertz CT molecular complexity index is 1010. The van der Waals surface area contributed by atoms with Crippen LogP contribution in [-0.2, 0) is 9.59 Å². The second kappa shape index (κ2) is 8.40. The van der Waals surface area contributed by atoms with Gasteiger partial charge in [-0.25, -0.2) is 0 Å². The van der Waals surface area contributed by atoms with E-state index in [1.165, 1.54) is 11.3 Å². The number of benzene rings is 1. The zero-order chi connectivity index (χ0) is 24.3. The lowest BCUT2D eigenvalue weighted by atomic mass is 9.45. The highest BCUT2D eigenvalue weighted by atomic mass is 16.5. The minimum Gasteiger partial charge on any atom is -0.497 e. The molecule has 184 valence electrons. The van der Waals surface area contributed by atoms with Crippen LogP contribution in [0.4, 0.5) is 5.69 Å². The summed E-state index contributed by atoms with van der Waals surface area (Å²) in [5, 5.41) is 0. The number of piperazine rings is 1. The first-order valence-corrected chi connectivity index (χ1v) is 12.8.